The molecule has 0 spiro atoms. The lowest BCUT2D eigenvalue weighted by molar-refractivity contribution is 0.620. The standard InChI is InChI=1S/C17H16ClFN2/c1-12-9-16-15(10-14(12)19)20-17(11-18)21(16)8-7-13-5-3-2-4-6-13/h2-6,9-10H,7-8,11H2,1H3. The fourth-order valence-electron chi connectivity index (χ4n) is 2.54. The molecular weight excluding hydrogens is 287 g/mol. The van der Waals surface area contributed by atoms with Crippen LogP contribution in [-0.2, 0) is 18.8 Å². The Bertz CT molecular complexity index is 765. The number of nitrogens with zero attached hydrogens (tertiary/aromatic N) is 2. The molecule has 3 rings (SSSR count). The third-order valence-electron chi connectivity index (χ3n) is 3.69. The molecule has 0 bridgehead atoms. The minimum absolute atomic E-state index is 0.226. The highest BCUT2D eigenvalue weighted by Gasteiger charge is 2.12. The zero-order chi connectivity index (χ0) is 14.8. The number of imidazole rings is 1. The van der Waals surface area contributed by atoms with Crippen LogP contribution in [0, 0.1) is 12.7 Å². The van der Waals surface area contributed by atoms with E-state index < -0.39 is 0 Å². The van der Waals surface area contributed by atoms with Crippen molar-refractivity contribution in [1.29, 1.82) is 0 Å². The third-order valence-corrected chi connectivity index (χ3v) is 3.93. The minimum atomic E-state index is -0.226. The van der Waals surface area contributed by atoms with E-state index in [9.17, 15) is 4.39 Å². The van der Waals surface area contributed by atoms with Gasteiger partial charge in [0, 0.05) is 12.6 Å². The van der Waals surface area contributed by atoms with Crippen LogP contribution in [0.3, 0.4) is 0 Å². The third kappa shape index (κ3) is 2.79. The van der Waals surface area contributed by atoms with Crippen LogP contribution in [0.4, 0.5) is 4.39 Å². The highest BCUT2D eigenvalue weighted by Crippen LogP contribution is 2.22. The topological polar surface area (TPSA) is 17.8 Å². The van der Waals surface area contributed by atoms with Crippen molar-refractivity contribution in [2.75, 3.05) is 0 Å². The van der Waals surface area contributed by atoms with Gasteiger partial charge in [0.1, 0.15) is 11.6 Å². The first-order valence-corrected chi connectivity index (χ1v) is 7.47. The molecule has 108 valence electrons. The SMILES string of the molecule is Cc1cc2c(cc1F)nc(CCl)n2CCc1ccccc1. The lowest BCUT2D eigenvalue weighted by Crippen LogP contribution is -2.05. The zero-order valence-corrected chi connectivity index (χ0v) is 12.6. The fraction of sp³-hybridized carbons (Fsp3) is 0.235. The maximum absolute atomic E-state index is 13.7. The summed E-state index contributed by atoms with van der Waals surface area (Å²) < 4.78 is 15.7. The number of fused-ring (bicyclic) bond motifs is 1. The van der Waals surface area contributed by atoms with E-state index in [-0.39, 0.29) is 5.82 Å². The van der Waals surface area contributed by atoms with Crippen molar-refractivity contribution >= 4 is 22.6 Å². The first kappa shape index (κ1) is 14.1. The Morgan fingerprint density at radius 2 is 1.95 bits per heavy atom. The van der Waals surface area contributed by atoms with Crippen molar-refractivity contribution in [1.82, 2.24) is 9.55 Å². The highest BCUT2D eigenvalue weighted by molar-refractivity contribution is 6.16. The van der Waals surface area contributed by atoms with E-state index in [2.05, 4.69) is 21.7 Å². The van der Waals surface area contributed by atoms with E-state index in [1.54, 1.807) is 6.92 Å². The largest absolute Gasteiger partial charge is 0.327 e. The molecule has 0 fully saturated rings. The Kier molecular flexibility index (Phi) is 3.93. The number of halogens is 2. The Labute approximate surface area is 128 Å². The quantitative estimate of drug-likeness (QED) is 0.650. The molecular formula is C17H16ClFN2. The van der Waals surface area contributed by atoms with E-state index >= 15 is 0 Å². The summed E-state index contributed by atoms with van der Waals surface area (Å²) in [4.78, 5) is 4.44. The molecule has 0 aliphatic rings. The molecule has 2 nitrogen and oxygen atoms in total. The van der Waals surface area contributed by atoms with Crippen LogP contribution >= 0.6 is 11.6 Å². The van der Waals surface area contributed by atoms with E-state index in [4.69, 9.17) is 11.6 Å². The Hall–Kier alpha value is -1.87. The molecule has 0 atom stereocenters. The maximum atomic E-state index is 13.7. The summed E-state index contributed by atoms with van der Waals surface area (Å²) in [5.74, 6) is 0.883. The second-order valence-electron chi connectivity index (χ2n) is 5.14. The van der Waals surface area contributed by atoms with Gasteiger partial charge in [0.15, 0.2) is 0 Å². The lowest BCUT2D eigenvalue weighted by Gasteiger charge is -2.08. The molecule has 1 heterocycles. The molecule has 0 N–H and O–H groups in total. The normalized spacial score (nSPS) is 11.2. The number of alkyl halides is 1. The van der Waals surface area contributed by atoms with Gasteiger partial charge in [-0.2, -0.15) is 0 Å². The van der Waals surface area contributed by atoms with Gasteiger partial charge in [-0.15, -0.1) is 11.6 Å². The first-order chi connectivity index (χ1) is 10.2. The molecule has 0 aliphatic carbocycles. The maximum Gasteiger partial charge on any atom is 0.128 e. The summed E-state index contributed by atoms with van der Waals surface area (Å²) in [6, 6.07) is 13.6. The highest BCUT2D eigenvalue weighted by atomic mass is 35.5. The number of aromatic nitrogens is 2. The van der Waals surface area contributed by atoms with Crippen molar-refractivity contribution in [3.05, 3.63) is 65.2 Å². The second kappa shape index (κ2) is 5.86. The molecule has 0 saturated carbocycles. The molecule has 4 heteroatoms. The molecule has 2 aromatic carbocycles. The Morgan fingerprint density at radius 3 is 2.67 bits per heavy atom. The van der Waals surface area contributed by atoms with Gasteiger partial charge < -0.3 is 4.57 Å². The monoisotopic (exact) mass is 302 g/mol. The Morgan fingerprint density at radius 1 is 1.19 bits per heavy atom. The van der Waals surface area contributed by atoms with E-state index in [0.717, 1.165) is 24.3 Å². The van der Waals surface area contributed by atoms with Gasteiger partial charge in [-0.05, 0) is 30.5 Å². The number of aryl methyl sites for hydroxylation is 3. The van der Waals surface area contributed by atoms with Crippen LogP contribution < -0.4 is 0 Å². The van der Waals surface area contributed by atoms with Crippen LogP contribution in [0.1, 0.15) is 17.0 Å². The van der Waals surface area contributed by atoms with Crippen LogP contribution in [-0.4, -0.2) is 9.55 Å². The van der Waals surface area contributed by atoms with Gasteiger partial charge in [0.2, 0.25) is 0 Å². The van der Waals surface area contributed by atoms with Gasteiger partial charge in [0.05, 0.1) is 16.9 Å². The summed E-state index contributed by atoms with van der Waals surface area (Å²) in [5, 5.41) is 0. The zero-order valence-electron chi connectivity index (χ0n) is 11.8. The lowest BCUT2D eigenvalue weighted by atomic mass is 10.1. The van der Waals surface area contributed by atoms with E-state index in [1.165, 1.54) is 11.6 Å². The molecule has 1 aromatic heterocycles. The molecule has 0 aliphatic heterocycles. The average molecular weight is 303 g/mol. The first-order valence-electron chi connectivity index (χ1n) is 6.94. The van der Waals surface area contributed by atoms with Crippen molar-refractivity contribution in [2.45, 2.75) is 25.8 Å². The molecule has 0 unspecified atom stereocenters. The van der Waals surface area contributed by atoms with Crippen molar-refractivity contribution in [3.63, 3.8) is 0 Å². The Balaban J connectivity index is 1.98. The minimum Gasteiger partial charge on any atom is -0.327 e. The van der Waals surface area contributed by atoms with E-state index in [1.807, 2.05) is 24.3 Å². The number of hydrogen-bond acceptors (Lipinski definition) is 1. The number of rotatable bonds is 4. The summed E-state index contributed by atoms with van der Waals surface area (Å²) >= 11 is 5.99. The molecule has 0 amide bonds. The van der Waals surface area contributed by atoms with Crippen LogP contribution in [0.25, 0.3) is 11.0 Å². The van der Waals surface area contributed by atoms with Crippen LogP contribution in [0.15, 0.2) is 42.5 Å². The summed E-state index contributed by atoms with van der Waals surface area (Å²) in [6.07, 6.45) is 0.895. The molecule has 0 radical (unpaired) electrons. The van der Waals surface area contributed by atoms with E-state index in [0.29, 0.717) is 17.0 Å². The average Bonchev–Trinajstić information content (AvgIpc) is 2.83. The number of benzene rings is 2. The van der Waals surface area contributed by atoms with Gasteiger partial charge in [-0.3, -0.25) is 0 Å². The van der Waals surface area contributed by atoms with Gasteiger partial charge in [-0.25, -0.2) is 9.37 Å². The molecule has 3 aromatic rings. The predicted octanol–water partition coefficient (Wildman–Crippen LogP) is 4.47. The molecule has 21 heavy (non-hydrogen) atoms. The van der Waals surface area contributed by atoms with Gasteiger partial charge >= 0.3 is 0 Å². The van der Waals surface area contributed by atoms with Crippen LogP contribution in [0.2, 0.25) is 0 Å². The summed E-state index contributed by atoms with van der Waals surface area (Å²) in [5.41, 5.74) is 3.51. The van der Waals surface area contributed by atoms with Crippen molar-refractivity contribution in [2.24, 2.45) is 0 Å². The molecule has 0 saturated heterocycles. The predicted molar refractivity (Wildman–Crippen MR) is 84.1 cm³/mol. The van der Waals surface area contributed by atoms with Crippen LogP contribution in [0.5, 0.6) is 0 Å². The van der Waals surface area contributed by atoms with Crippen molar-refractivity contribution < 1.29 is 4.39 Å². The summed E-state index contributed by atoms with van der Waals surface area (Å²) in [6.45, 7) is 2.55. The smallest absolute Gasteiger partial charge is 0.128 e. The fourth-order valence-corrected chi connectivity index (χ4v) is 2.74. The van der Waals surface area contributed by atoms with Gasteiger partial charge in [0.25, 0.3) is 0 Å². The summed E-state index contributed by atoms with van der Waals surface area (Å²) in [7, 11) is 0. The van der Waals surface area contributed by atoms with Crippen molar-refractivity contribution in [3.8, 4) is 0 Å². The van der Waals surface area contributed by atoms with Gasteiger partial charge in [-0.1, -0.05) is 30.3 Å². The second-order valence-corrected chi connectivity index (χ2v) is 5.41. The number of hydrogen-bond donors (Lipinski definition) is 0.